The number of benzene rings is 1. The van der Waals surface area contributed by atoms with Crippen LogP contribution in [0.15, 0.2) is 23.1 Å². The van der Waals surface area contributed by atoms with E-state index < -0.39 is 27.0 Å². The van der Waals surface area contributed by atoms with E-state index >= 15 is 0 Å². The number of halogens is 1. The Morgan fingerprint density at radius 1 is 1.38 bits per heavy atom. The van der Waals surface area contributed by atoms with Crippen LogP contribution in [0.25, 0.3) is 0 Å². The molecule has 0 saturated heterocycles. The van der Waals surface area contributed by atoms with Crippen molar-refractivity contribution in [2.75, 3.05) is 0 Å². The number of carboxylic acid groups (broad SMARTS) is 1. The van der Waals surface area contributed by atoms with Crippen molar-refractivity contribution in [1.82, 2.24) is 5.32 Å². The number of nitrogens with one attached hydrogen (secondary N) is 1. The molecule has 1 amide bonds. The molecule has 0 radical (unpaired) electrons. The molecule has 2 N–H and O–H groups in total. The number of carbonyl (C=O) groups is 2. The van der Waals surface area contributed by atoms with Crippen molar-refractivity contribution in [2.45, 2.75) is 36.0 Å². The third-order valence-corrected chi connectivity index (χ3v) is 5.78. The van der Waals surface area contributed by atoms with Gasteiger partial charge < -0.3 is 10.4 Å². The summed E-state index contributed by atoms with van der Waals surface area (Å²) in [5.74, 6) is -1.87. The molecular formula is C13H14ClNO5S. The van der Waals surface area contributed by atoms with Crippen LogP contribution < -0.4 is 5.32 Å². The van der Waals surface area contributed by atoms with Crippen molar-refractivity contribution in [3.05, 3.63) is 28.8 Å². The summed E-state index contributed by atoms with van der Waals surface area (Å²) >= 11 is 5.85. The zero-order valence-electron chi connectivity index (χ0n) is 11.2. The Hall–Kier alpha value is -1.60. The Labute approximate surface area is 127 Å². The van der Waals surface area contributed by atoms with Crippen molar-refractivity contribution < 1.29 is 23.1 Å². The van der Waals surface area contributed by atoms with Crippen LogP contribution in [0.5, 0.6) is 0 Å². The molecule has 6 nitrogen and oxygen atoms in total. The first kappa shape index (κ1) is 15.8. The van der Waals surface area contributed by atoms with Crippen molar-refractivity contribution in [1.29, 1.82) is 0 Å². The molecule has 2 rings (SSSR count). The Morgan fingerprint density at radius 3 is 2.52 bits per heavy atom. The van der Waals surface area contributed by atoms with E-state index in [0.717, 1.165) is 18.9 Å². The number of hydrogen-bond acceptors (Lipinski definition) is 4. The Balaban J connectivity index is 2.35. The molecule has 1 aromatic rings. The topological polar surface area (TPSA) is 101 Å². The van der Waals surface area contributed by atoms with Crippen molar-refractivity contribution in [2.24, 2.45) is 0 Å². The quantitative estimate of drug-likeness (QED) is 0.851. The van der Waals surface area contributed by atoms with E-state index in [1.54, 1.807) is 0 Å². The van der Waals surface area contributed by atoms with Gasteiger partial charge in [0, 0.05) is 6.04 Å². The third kappa shape index (κ3) is 3.36. The second-order valence-corrected chi connectivity index (χ2v) is 7.56. The summed E-state index contributed by atoms with van der Waals surface area (Å²) < 4.78 is 24.9. The number of carbonyl (C=O) groups excluding carboxylic acids is 1. The number of aromatic carboxylic acids is 1. The molecule has 1 unspecified atom stereocenters. The molecule has 0 aliphatic heterocycles. The van der Waals surface area contributed by atoms with Gasteiger partial charge in [-0.05, 0) is 38.0 Å². The van der Waals surface area contributed by atoms with Gasteiger partial charge in [0.05, 0.1) is 15.5 Å². The number of sulfone groups is 1. The fraction of sp³-hybridized carbons (Fsp3) is 0.385. The van der Waals surface area contributed by atoms with Crippen LogP contribution in [0, 0.1) is 0 Å². The Bertz CT molecular complexity index is 697. The van der Waals surface area contributed by atoms with Crippen molar-refractivity contribution in [3.8, 4) is 0 Å². The molecule has 1 fully saturated rings. The minimum atomic E-state index is -4.05. The molecule has 0 aromatic heterocycles. The molecule has 1 aromatic carbocycles. The van der Waals surface area contributed by atoms with Crippen LogP contribution in [0.4, 0.5) is 0 Å². The number of amides is 1. The zero-order chi connectivity index (χ0) is 15.8. The van der Waals surface area contributed by atoms with E-state index in [9.17, 15) is 18.0 Å². The van der Waals surface area contributed by atoms with Crippen LogP contribution in [0.1, 0.15) is 30.1 Å². The molecule has 8 heteroatoms. The van der Waals surface area contributed by atoms with Crippen LogP contribution in [0.3, 0.4) is 0 Å². The van der Waals surface area contributed by atoms with E-state index in [1.165, 1.54) is 19.1 Å². The normalized spacial score (nSPS) is 16.3. The summed E-state index contributed by atoms with van der Waals surface area (Å²) in [6, 6.07) is 3.42. The molecule has 1 atom stereocenters. The van der Waals surface area contributed by atoms with Gasteiger partial charge in [-0.2, -0.15) is 0 Å². The Morgan fingerprint density at radius 2 is 2.00 bits per heavy atom. The van der Waals surface area contributed by atoms with Gasteiger partial charge >= 0.3 is 5.97 Å². The summed E-state index contributed by atoms with van der Waals surface area (Å²) in [6.45, 7) is 1.26. The molecule has 1 aliphatic carbocycles. The molecule has 0 heterocycles. The fourth-order valence-electron chi connectivity index (χ4n) is 1.73. The second-order valence-electron chi connectivity index (χ2n) is 4.92. The average Bonchev–Trinajstić information content (AvgIpc) is 3.21. The molecule has 0 bridgehead atoms. The predicted molar refractivity (Wildman–Crippen MR) is 76.2 cm³/mol. The van der Waals surface area contributed by atoms with Crippen molar-refractivity contribution in [3.63, 3.8) is 0 Å². The van der Waals surface area contributed by atoms with Gasteiger partial charge in [0.2, 0.25) is 5.91 Å². The largest absolute Gasteiger partial charge is 0.478 e. The van der Waals surface area contributed by atoms with Gasteiger partial charge in [0.1, 0.15) is 5.25 Å². The van der Waals surface area contributed by atoms with E-state index in [-0.39, 0.29) is 21.5 Å². The minimum Gasteiger partial charge on any atom is -0.478 e. The second kappa shape index (κ2) is 5.65. The van der Waals surface area contributed by atoms with E-state index in [1.807, 2.05) is 0 Å². The van der Waals surface area contributed by atoms with Crippen LogP contribution in [-0.4, -0.2) is 36.7 Å². The molecule has 1 saturated carbocycles. The zero-order valence-corrected chi connectivity index (χ0v) is 12.7. The molecule has 1 aliphatic rings. The van der Waals surface area contributed by atoms with Gasteiger partial charge in [-0.15, -0.1) is 0 Å². The van der Waals surface area contributed by atoms with Crippen LogP contribution >= 0.6 is 11.6 Å². The lowest BCUT2D eigenvalue weighted by Crippen LogP contribution is -2.39. The SMILES string of the molecule is CC(C(=O)NC1CC1)S(=O)(=O)c1cc(C(=O)O)ccc1Cl. The highest BCUT2D eigenvalue weighted by atomic mass is 35.5. The standard InChI is InChI=1S/C13H14ClNO5S/c1-7(12(16)15-9-3-4-9)21(19,20)11-6-8(13(17)18)2-5-10(11)14/h2,5-7,9H,3-4H2,1H3,(H,15,16)(H,17,18). The van der Waals surface area contributed by atoms with Gasteiger partial charge in [0.25, 0.3) is 0 Å². The monoisotopic (exact) mass is 331 g/mol. The van der Waals surface area contributed by atoms with Gasteiger partial charge in [-0.1, -0.05) is 11.6 Å². The highest BCUT2D eigenvalue weighted by Gasteiger charge is 2.34. The summed E-state index contributed by atoms with van der Waals surface area (Å²) in [6.07, 6.45) is 1.68. The van der Waals surface area contributed by atoms with Gasteiger partial charge in [0.15, 0.2) is 9.84 Å². The molecule has 21 heavy (non-hydrogen) atoms. The van der Waals surface area contributed by atoms with Crippen molar-refractivity contribution >= 4 is 33.3 Å². The smallest absolute Gasteiger partial charge is 0.335 e. The minimum absolute atomic E-state index is 0.0379. The average molecular weight is 332 g/mol. The first-order valence-corrected chi connectivity index (χ1v) is 8.23. The summed E-state index contributed by atoms with van der Waals surface area (Å²) in [5, 5.41) is 10.1. The lowest BCUT2D eigenvalue weighted by Gasteiger charge is -2.14. The fourth-order valence-corrected chi connectivity index (χ4v) is 3.53. The lowest BCUT2D eigenvalue weighted by molar-refractivity contribution is -0.120. The third-order valence-electron chi connectivity index (χ3n) is 3.24. The maximum Gasteiger partial charge on any atom is 0.335 e. The Kier molecular flexibility index (Phi) is 4.25. The molecule has 114 valence electrons. The van der Waals surface area contributed by atoms with Crippen LogP contribution in [0.2, 0.25) is 5.02 Å². The first-order chi connectivity index (χ1) is 9.73. The van der Waals surface area contributed by atoms with Crippen LogP contribution in [-0.2, 0) is 14.6 Å². The van der Waals surface area contributed by atoms with E-state index in [2.05, 4.69) is 5.32 Å². The highest BCUT2D eigenvalue weighted by molar-refractivity contribution is 7.92. The summed E-state index contributed by atoms with van der Waals surface area (Å²) in [4.78, 5) is 22.5. The van der Waals surface area contributed by atoms with Gasteiger partial charge in [-0.25, -0.2) is 13.2 Å². The lowest BCUT2D eigenvalue weighted by atomic mass is 10.2. The summed E-state index contributed by atoms with van der Waals surface area (Å²) in [7, 11) is -4.05. The first-order valence-electron chi connectivity index (χ1n) is 6.30. The van der Waals surface area contributed by atoms with E-state index in [0.29, 0.717) is 0 Å². The number of rotatable bonds is 5. The maximum atomic E-state index is 12.4. The number of carboxylic acids is 1. The maximum absolute atomic E-state index is 12.4. The van der Waals surface area contributed by atoms with E-state index in [4.69, 9.17) is 16.7 Å². The molecular weight excluding hydrogens is 318 g/mol. The predicted octanol–water partition coefficient (Wildman–Crippen LogP) is 1.48. The molecule has 0 spiro atoms. The van der Waals surface area contributed by atoms with Gasteiger partial charge in [-0.3, -0.25) is 4.79 Å². The summed E-state index contributed by atoms with van der Waals surface area (Å²) in [5.41, 5.74) is -0.201. The highest BCUT2D eigenvalue weighted by Crippen LogP contribution is 2.27. The number of hydrogen-bond donors (Lipinski definition) is 2.